The minimum Gasteiger partial charge on any atom is -0.497 e. The van der Waals surface area contributed by atoms with Gasteiger partial charge in [-0.2, -0.15) is 5.26 Å². The van der Waals surface area contributed by atoms with E-state index in [9.17, 15) is 4.79 Å². The van der Waals surface area contributed by atoms with Crippen LogP contribution in [0.3, 0.4) is 0 Å². The summed E-state index contributed by atoms with van der Waals surface area (Å²) in [5.74, 6) is -0.129. The molecule has 0 saturated carbocycles. The lowest BCUT2D eigenvalue weighted by molar-refractivity contribution is -0.132. The number of likely N-dealkylation sites (tertiary alicyclic amines) is 1. The Morgan fingerprint density at radius 2 is 2.17 bits per heavy atom. The molecule has 1 aliphatic rings. The van der Waals surface area contributed by atoms with E-state index in [4.69, 9.17) is 19.8 Å². The summed E-state index contributed by atoms with van der Waals surface area (Å²) in [7, 11) is 1.55. The van der Waals surface area contributed by atoms with Gasteiger partial charge in [-0.25, -0.2) is 4.79 Å². The molecular weight excluding hydrogens is 296 g/mol. The van der Waals surface area contributed by atoms with Gasteiger partial charge < -0.3 is 14.6 Å². The van der Waals surface area contributed by atoms with Gasteiger partial charge in [-0.3, -0.25) is 4.90 Å². The Labute approximate surface area is 135 Å². The van der Waals surface area contributed by atoms with Gasteiger partial charge in [0.15, 0.2) is 0 Å². The van der Waals surface area contributed by atoms with Crippen molar-refractivity contribution in [3.63, 3.8) is 0 Å². The molecule has 1 aromatic carbocycles. The van der Waals surface area contributed by atoms with Crippen LogP contribution in [-0.2, 0) is 4.79 Å². The van der Waals surface area contributed by atoms with Gasteiger partial charge >= 0.3 is 5.97 Å². The second kappa shape index (κ2) is 8.20. The first-order valence-corrected chi connectivity index (χ1v) is 7.52. The van der Waals surface area contributed by atoms with Crippen LogP contribution in [0.15, 0.2) is 23.8 Å². The third kappa shape index (κ3) is 4.73. The number of benzene rings is 1. The monoisotopic (exact) mass is 316 g/mol. The predicted molar refractivity (Wildman–Crippen MR) is 85.4 cm³/mol. The quantitative estimate of drug-likeness (QED) is 0.613. The van der Waals surface area contributed by atoms with E-state index in [1.165, 1.54) is 18.9 Å². The Hall–Kier alpha value is -2.52. The summed E-state index contributed by atoms with van der Waals surface area (Å²) in [4.78, 5) is 13.3. The van der Waals surface area contributed by atoms with Crippen LogP contribution < -0.4 is 9.47 Å². The number of carboxylic acid groups (broad SMARTS) is 1. The van der Waals surface area contributed by atoms with Crippen molar-refractivity contribution in [3.05, 3.63) is 29.3 Å². The molecule has 6 heteroatoms. The van der Waals surface area contributed by atoms with Gasteiger partial charge in [0.25, 0.3) is 0 Å². The van der Waals surface area contributed by atoms with Crippen LogP contribution in [-0.4, -0.2) is 49.3 Å². The highest BCUT2D eigenvalue weighted by Gasteiger charge is 2.13. The fourth-order valence-corrected chi connectivity index (χ4v) is 2.47. The zero-order valence-corrected chi connectivity index (χ0v) is 13.1. The third-order valence-corrected chi connectivity index (χ3v) is 3.74. The zero-order chi connectivity index (χ0) is 16.7. The molecule has 0 atom stereocenters. The molecule has 0 radical (unpaired) electrons. The lowest BCUT2D eigenvalue weighted by atomic mass is 10.1. The largest absolute Gasteiger partial charge is 0.497 e. The number of nitriles is 1. The van der Waals surface area contributed by atoms with Crippen molar-refractivity contribution >= 4 is 12.0 Å². The lowest BCUT2D eigenvalue weighted by Crippen LogP contribution is -2.25. The Morgan fingerprint density at radius 1 is 1.43 bits per heavy atom. The molecule has 0 spiro atoms. The van der Waals surface area contributed by atoms with Crippen molar-refractivity contribution < 1.29 is 19.4 Å². The van der Waals surface area contributed by atoms with E-state index in [0.29, 0.717) is 23.7 Å². The standard InChI is InChI=1S/C17H20N2O4/c1-22-15-5-4-13(10-14(12-18)17(20)21)16(11-15)23-9-8-19-6-2-3-7-19/h4-5,10-11H,2-3,6-9H2,1H3,(H,20,21). The topological polar surface area (TPSA) is 82.8 Å². The minimum absolute atomic E-state index is 0.334. The number of hydrogen-bond donors (Lipinski definition) is 1. The first-order valence-electron chi connectivity index (χ1n) is 7.52. The molecule has 1 N–H and O–H groups in total. The van der Waals surface area contributed by atoms with Crippen molar-refractivity contribution in [3.8, 4) is 17.6 Å². The van der Waals surface area contributed by atoms with Gasteiger partial charge in [0, 0.05) is 18.2 Å². The normalized spacial score (nSPS) is 15.2. The van der Waals surface area contributed by atoms with E-state index < -0.39 is 5.97 Å². The van der Waals surface area contributed by atoms with Gasteiger partial charge in [0.05, 0.1) is 7.11 Å². The van der Waals surface area contributed by atoms with Crippen molar-refractivity contribution in [2.45, 2.75) is 12.8 Å². The van der Waals surface area contributed by atoms with Crippen LogP contribution >= 0.6 is 0 Å². The minimum atomic E-state index is -1.26. The van der Waals surface area contributed by atoms with Crippen LogP contribution in [0.1, 0.15) is 18.4 Å². The van der Waals surface area contributed by atoms with Gasteiger partial charge in [0.1, 0.15) is 29.7 Å². The molecule has 0 amide bonds. The number of methoxy groups -OCH3 is 1. The summed E-state index contributed by atoms with van der Waals surface area (Å²) in [5.41, 5.74) is 0.214. The Balaban J connectivity index is 2.14. The van der Waals surface area contributed by atoms with Crippen molar-refractivity contribution in [1.82, 2.24) is 4.90 Å². The van der Waals surface area contributed by atoms with E-state index >= 15 is 0 Å². The number of aliphatic carboxylic acids is 1. The summed E-state index contributed by atoms with van der Waals surface area (Å²) in [6.07, 6.45) is 3.75. The van der Waals surface area contributed by atoms with Crippen molar-refractivity contribution in [1.29, 1.82) is 5.26 Å². The van der Waals surface area contributed by atoms with E-state index in [-0.39, 0.29) is 5.57 Å². The van der Waals surface area contributed by atoms with E-state index in [1.54, 1.807) is 31.4 Å². The molecule has 23 heavy (non-hydrogen) atoms. The number of carbonyl (C=O) groups is 1. The fraction of sp³-hybridized carbons (Fsp3) is 0.412. The van der Waals surface area contributed by atoms with Crippen LogP contribution in [0.5, 0.6) is 11.5 Å². The molecule has 1 fully saturated rings. The van der Waals surface area contributed by atoms with Gasteiger partial charge in [-0.1, -0.05) is 0 Å². The number of hydrogen-bond acceptors (Lipinski definition) is 5. The van der Waals surface area contributed by atoms with E-state index in [1.807, 2.05) is 0 Å². The highest BCUT2D eigenvalue weighted by Crippen LogP contribution is 2.27. The fourth-order valence-electron chi connectivity index (χ4n) is 2.47. The van der Waals surface area contributed by atoms with Crippen LogP contribution in [0.2, 0.25) is 0 Å². The SMILES string of the molecule is COc1ccc(C=C(C#N)C(=O)O)c(OCCN2CCCC2)c1. The van der Waals surface area contributed by atoms with Gasteiger partial charge in [-0.15, -0.1) is 0 Å². The highest BCUT2D eigenvalue weighted by atomic mass is 16.5. The van der Waals surface area contributed by atoms with Gasteiger partial charge in [0.2, 0.25) is 0 Å². The van der Waals surface area contributed by atoms with Crippen LogP contribution in [0.4, 0.5) is 0 Å². The maximum absolute atomic E-state index is 11.0. The molecular formula is C17H20N2O4. The molecule has 122 valence electrons. The maximum Gasteiger partial charge on any atom is 0.346 e. The molecule has 1 saturated heterocycles. The summed E-state index contributed by atoms with van der Waals surface area (Å²) in [5, 5.41) is 17.9. The average molecular weight is 316 g/mol. The average Bonchev–Trinajstić information content (AvgIpc) is 3.06. The molecule has 6 nitrogen and oxygen atoms in total. The van der Waals surface area contributed by atoms with Crippen molar-refractivity contribution in [2.75, 3.05) is 33.4 Å². The molecule has 1 heterocycles. The number of carboxylic acids is 1. The number of ether oxygens (including phenoxy) is 2. The number of rotatable bonds is 7. The summed E-state index contributed by atoms with van der Waals surface area (Å²) in [6.45, 7) is 3.50. The Kier molecular flexibility index (Phi) is 6.01. The van der Waals surface area contributed by atoms with Crippen LogP contribution in [0, 0.1) is 11.3 Å². The Bertz CT molecular complexity index is 628. The highest BCUT2D eigenvalue weighted by molar-refractivity contribution is 5.96. The molecule has 1 aliphatic heterocycles. The second-order valence-corrected chi connectivity index (χ2v) is 5.28. The predicted octanol–water partition coefficient (Wildman–Crippen LogP) is 2.16. The molecule has 0 aromatic heterocycles. The number of nitrogens with zero attached hydrogens (tertiary/aromatic N) is 2. The van der Waals surface area contributed by atoms with Crippen molar-refractivity contribution in [2.24, 2.45) is 0 Å². The maximum atomic E-state index is 11.0. The van der Waals surface area contributed by atoms with E-state index in [2.05, 4.69) is 4.90 Å². The Morgan fingerprint density at radius 3 is 2.78 bits per heavy atom. The first-order chi connectivity index (χ1) is 11.1. The molecule has 0 aliphatic carbocycles. The third-order valence-electron chi connectivity index (χ3n) is 3.74. The molecule has 1 aromatic rings. The molecule has 0 bridgehead atoms. The molecule has 0 unspecified atom stereocenters. The zero-order valence-electron chi connectivity index (χ0n) is 13.1. The summed E-state index contributed by atoms with van der Waals surface area (Å²) >= 11 is 0. The first kappa shape index (κ1) is 16.8. The lowest BCUT2D eigenvalue weighted by Gasteiger charge is -2.16. The summed E-state index contributed by atoms with van der Waals surface area (Å²) < 4.78 is 11.0. The van der Waals surface area contributed by atoms with Gasteiger partial charge in [-0.05, 0) is 44.1 Å². The smallest absolute Gasteiger partial charge is 0.346 e. The summed E-state index contributed by atoms with van der Waals surface area (Å²) in [6, 6.07) is 6.76. The molecule has 2 rings (SSSR count). The van der Waals surface area contributed by atoms with E-state index in [0.717, 1.165) is 19.6 Å². The van der Waals surface area contributed by atoms with Crippen LogP contribution in [0.25, 0.3) is 6.08 Å². The second-order valence-electron chi connectivity index (χ2n) is 5.28.